The molecule has 1 aromatic carbocycles. The van der Waals surface area contributed by atoms with Crippen LogP contribution >= 0.6 is 22.9 Å². The van der Waals surface area contributed by atoms with E-state index < -0.39 is 0 Å². The van der Waals surface area contributed by atoms with E-state index in [1.165, 1.54) is 29.6 Å². The number of aromatic hydroxyl groups is 1. The molecule has 0 aliphatic carbocycles. The number of benzene rings is 1. The molecule has 1 aromatic heterocycles. The lowest BCUT2D eigenvalue weighted by atomic mass is 10.1. The van der Waals surface area contributed by atoms with Gasteiger partial charge in [-0.05, 0) is 35.7 Å². The molecule has 3 nitrogen and oxygen atoms in total. The molecule has 0 fully saturated rings. The second-order valence-electron chi connectivity index (χ2n) is 4.03. The van der Waals surface area contributed by atoms with E-state index in [-0.39, 0.29) is 22.1 Å². The minimum atomic E-state index is -0.342. The number of para-hydroxylation sites is 1. The average Bonchev–Trinajstić information content (AvgIpc) is 3.02. The number of phenols is 1. The lowest BCUT2D eigenvalue weighted by molar-refractivity contribution is 0.104. The average molecular weight is 316 g/mol. The van der Waals surface area contributed by atoms with Crippen LogP contribution in [0.5, 0.6) is 5.75 Å². The van der Waals surface area contributed by atoms with E-state index in [0.717, 1.165) is 0 Å². The molecule has 0 amide bonds. The zero-order chi connectivity index (χ0) is 15.2. The van der Waals surface area contributed by atoms with Crippen molar-refractivity contribution in [1.82, 2.24) is 0 Å². The maximum absolute atomic E-state index is 12.1. The Morgan fingerprint density at radius 1 is 1.24 bits per heavy atom. The molecule has 0 bridgehead atoms. The minimum Gasteiger partial charge on any atom is -0.507 e. The summed E-state index contributed by atoms with van der Waals surface area (Å²) in [6, 6.07) is 11.8. The molecule has 0 saturated heterocycles. The van der Waals surface area contributed by atoms with Crippen molar-refractivity contribution in [3.8, 4) is 11.8 Å². The normalized spacial score (nSPS) is 12.0. The maximum Gasteiger partial charge on any atom is 0.213 e. The number of halogens is 1. The van der Waals surface area contributed by atoms with Gasteiger partial charge in [-0.25, -0.2) is 0 Å². The molecule has 0 spiro atoms. The molecule has 104 valence electrons. The quantitative estimate of drug-likeness (QED) is 0.394. The molecule has 1 heterocycles. The van der Waals surface area contributed by atoms with E-state index in [1.807, 2.05) is 6.07 Å². The lowest BCUT2D eigenvalue weighted by Crippen LogP contribution is -1.98. The molecule has 0 atom stereocenters. The smallest absolute Gasteiger partial charge is 0.213 e. The fourth-order valence-corrected chi connectivity index (χ4v) is 2.53. The lowest BCUT2D eigenvalue weighted by Gasteiger charge is -2.01. The summed E-state index contributed by atoms with van der Waals surface area (Å²) in [6.07, 6.45) is 2.79. The standard InChI is InChI=1S/C16H10ClNO2S/c17-13(12-4-1-2-5-14(12)19)8-7-11(10-18)16(20)15-6-3-9-21-15/h1-9,19H/b11-7-,13-8-. The highest BCUT2D eigenvalue weighted by Gasteiger charge is 2.12. The third-order valence-corrected chi connectivity index (χ3v) is 3.87. The van der Waals surface area contributed by atoms with Crippen LogP contribution in [-0.4, -0.2) is 10.9 Å². The van der Waals surface area contributed by atoms with E-state index in [0.29, 0.717) is 10.4 Å². The second kappa shape index (κ2) is 6.89. The SMILES string of the molecule is N#C/C(=C/C=C(\Cl)c1ccccc1O)C(=O)c1cccs1. The van der Waals surface area contributed by atoms with Gasteiger partial charge in [0.1, 0.15) is 17.4 Å². The molecule has 5 heteroatoms. The zero-order valence-corrected chi connectivity index (χ0v) is 12.4. The van der Waals surface area contributed by atoms with Crippen LogP contribution in [0.4, 0.5) is 0 Å². The predicted octanol–water partition coefficient (Wildman–Crippen LogP) is 4.37. The van der Waals surface area contributed by atoms with Gasteiger partial charge in [0.15, 0.2) is 0 Å². The number of hydrogen-bond acceptors (Lipinski definition) is 4. The number of phenolic OH excluding ortho intramolecular Hbond substituents is 1. The number of ketones is 1. The van der Waals surface area contributed by atoms with E-state index in [4.69, 9.17) is 16.9 Å². The summed E-state index contributed by atoms with van der Waals surface area (Å²) in [5.74, 6) is -0.305. The Bertz CT molecular complexity index is 755. The van der Waals surface area contributed by atoms with Gasteiger partial charge in [0.05, 0.1) is 9.91 Å². The van der Waals surface area contributed by atoms with Gasteiger partial charge in [-0.2, -0.15) is 5.26 Å². The molecule has 0 aliphatic heterocycles. The van der Waals surface area contributed by atoms with Crippen LogP contribution in [0.3, 0.4) is 0 Å². The fraction of sp³-hybridized carbons (Fsp3) is 0. The first-order valence-electron chi connectivity index (χ1n) is 5.97. The summed E-state index contributed by atoms with van der Waals surface area (Å²) in [6.45, 7) is 0. The first kappa shape index (κ1) is 15.0. The maximum atomic E-state index is 12.1. The minimum absolute atomic E-state index is 0.00831. The molecular weight excluding hydrogens is 306 g/mol. The van der Waals surface area contributed by atoms with Crippen molar-refractivity contribution >= 4 is 33.8 Å². The third kappa shape index (κ3) is 3.60. The highest BCUT2D eigenvalue weighted by Crippen LogP contribution is 2.27. The van der Waals surface area contributed by atoms with Crippen molar-refractivity contribution < 1.29 is 9.90 Å². The first-order valence-corrected chi connectivity index (χ1v) is 7.23. The second-order valence-corrected chi connectivity index (χ2v) is 5.39. The van der Waals surface area contributed by atoms with Gasteiger partial charge in [-0.1, -0.05) is 29.8 Å². The van der Waals surface area contributed by atoms with E-state index in [1.54, 1.807) is 35.7 Å². The third-order valence-electron chi connectivity index (χ3n) is 2.67. The van der Waals surface area contributed by atoms with Crippen LogP contribution in [0, 0.1) is 11.3 Å². The van der Waals surface area contributed by atoms with Crippen molar-refractivity contribution in [2.75, 3.05) is 0 Å². The van der Waals surface area contributed by atoms with Crippen LogP contribution in [0.2, 0.25) is 0 Å². The number of allylic oxidation sites excluding steroid dienone is 3. The zero-order valence-electron chi connectivity index (χ0n) is 10.8. The highest BCUT2D eigenvalue weighted by molar-refractivity contribution is 7.12. The molecular formula is C16H10ClNO2S. The Morgan fingerprint density at radius 2 is 2.00 bits per heavy atom. The van der Waals surface area contributed by atoms with Crippen LogP contribution in [0.15, 0.2) is 59.5 Å². The number of carbonyl (C=O) groups is 1. The number of nitrogens with zero attached hydrogens (tertiary/aromatic N) is 1. The largest absolute Gasteiger partial charge is 0.507 e. The Morgan fingerprint density at radius 3 is 2.62 bits per heavy atom. The highest BCUT2D eigenvalue weighted by atomic mass is 35.5. The Hall–Kier alpha value is -2.35. The van der Waals surface area contributed by atoms with Crippen LogP contribution in [-0.2, 0) is 0 Å². The molecule has 21 heavy (non-hydrogen) atoms. The van der Waals surface area contributed by atoms with Gasteiger partial charge in [0, 0.05) is 5.56 Å². The summed E-state index contributed by atoms with van der Waals surface area (Å²) in [4.78, 5) is 12.5. The van der Waals surface area contributed by atoms with Gasteiger partial charge in [-0.15, -0.1) is 11.3 Å². The van der Waals surface area contributed by atoms with Crippen molar-refractivity contribution in [3.63, 3.8) is 0 Å². The Balaban J connectivity index is 2.30. The van der Waals surface area contributed by atoms with Gasteiger partial charge in [-0.3, -0.25) is 4.79 Å². The topological polar surface area (TPSA) is 61.1 Å². The number of Topliss-reactive ketones (excluding diaryl/α,β-unsaturated/α-hetero) is 1. The van der Waals surface area contributed by atoms with Gasteiger partial charge in [0.25, 0.3) is 0 Å². The molecule has 1 N–H and O–H groups in total. The number of thiophene rings is 1. The number of hydrogen-bond donors (Lipinski definition) is 1. The van der Waals surface area contributed by atoms with Gasteiger partial charge in [0.2, 0.25) is 5.78 Å². The molecule has 0 radical (unpaired) electrons. The van der Waals surface area contributed by atoms with Crippen molar-refractivity contribution in [1.29, 1.82) is 5.26 Å². The van der Waals surface area contributed by atoms with Crippen molar-refractivity contribution in [3.05, 3.63) is 69.9 Å². The van der Waals surface area contributed by atoms with E-state index >= 15 is 0 Å². The van der Waals surface area contributed by atoms with Gasteiger partial charge < -0.3 is 5.11 Å². The Kier molecular flexibility index (Phi) is 4.94. The molecule has 2 aromatic rings. The summed E-state index contributed by atoms with van der Waals surface area (Å²) in [7, 11) is 0. The summed E-state index contributed by atoms with van der Waals surface area (Å²) in [5, 5.41) is 20.8. The molecule has 0 saturated carbocycles. The number of carbonyl (C=O) groups excluding carboxylic acids is 1. The number of rotatable bonds is 4. The van der Waals surface area contributed by atoms with Crippen LogP contribution in [0.1, 0.15) is 15.2 Å². The summed E-state index contributed by atoms with van der Waals surface area (Å²) in [5.41, 5.74) is 0.433. The van der Waals surface area contributed by atoms with Crippen LogP contribution in [0.25, 0.3) is 5.03 Å². The van der Waals surface area contributed by atoms with Crippen molar-refractivity contribution in [2.45, 2.75) is 0 Å². The predicted molar refractivity (Wildman–Crippen MR) is 84.3 cm³/mol. The number of nitriles is 1. The van der Waals surface area contributed by atoms with Gasteiger partial charge >= 0.3 is 0 Å². The van der Waals surface area contributed by atoms with Crippen molar-refractivity contribution in [2.24, 2.45) is 0 Å². The molecule has 0 aliphatic rings. The summed E-state index contributed by atoms with van der Waals surface area (Å²) < 4.78 is 0. The van der Waals surface area contributed by atoms with E-state index in [2.05, 4.69) is 0 Å². The first-order chi connectivity index (χ1) is 10.1. The Labute approximate surface area is 131 Å². The molecule has 2 rings (SSSR count). The van der Waals surface area contributed by atoms with E-state index in [9.17, 15) is 9.90 Å². The summed E-state index contributed by atoms with van der Waals surface area (Å²) >= 11 is 7.35. The molecule has 0 unspecified atom stereocenters. The van der Waals surface area contributed by atoms with Crippen LogP contribution < -0.4 is 0 Å². The fourth-order valence-electron chi connectivity index (χ4n) is 1.63. The monoisotopic (exact) mass is 315 g/mol.